The van der Waals surface area contributed by atoms with Gasteiger partial charge in [-0.3, -0.25) is 9.78 Å². The summed E-state index contributed by atoms with van der Waals surface area (Å²) in [4.78, 5) is 24.3. The maximum absolute atomic E-state index is 12.5. The highest BCUT2D eigenvalue weighted by Gasteiger charge is 2.20. The lowest BCUT2D eigenvalue weighted by atomic mass is 10.2. The molecule has 5 nitrogen and oxygen atoms in total. The molecule has 0 aliphatic heterocycles. The average molecular weight is 361 g/mol. The number of aromatic amines is 1. The van der Waals surface area contributed by atoms with E-state index in [0.29, 0.717) is 22.3 Å². The smallest absolute Gasteiger partial charge is 0.237 e. The number of aromatic nitrogens is 3. The van der Waals surface area contributed by atoms with Gasteiger partial charge in [-0.15, -0.1) is 0 Å². The lowest BCUT2D eigenvalue weighted by Gasteiger charge is -2.13. The number of nitrogens with one attached hydrogen (secondary N) is 2. The van der Waals surface area contributed by atoms with Crippen molar-refractivity contribution in [2.45, 2.75) is 30.7 Å². The van der Waals surface area contributed by atoms with Crippen molar-refractivity contribution in [2.24, 2.45) is 0 Å². The summed E-state index contributed by atoms with van der Waals surface area (Å²) in [5, 5.41) is 4.01. The first-order valence-electron chi connectivity index (χ1n) is 7.60. The highest BCUT2D eigenvalue weighted by Crippen LogP contribution is 2.27. The number of benzene rings is 1. The molecule has 0 saturated heterocycles. The van der Waals surface area contributed by atoms with E-state index >= 15 is 0 Å². The Bertz CT molecular complexity index is 847. The van der Waals surface area contributed by atoms with E-state index in [1.807, 2.05) is 32.0 Å². The van der Waals surface area contributed by atoms with Gasteiger partial charge in [0, 0.05) is 16.9 Å². The number of halogens is 1. The van der Waals surface area contributed by atoms with Gasteiger partial charge >= 0.3 is 0 Å². The van der Waals surface area contributed by atoms with E-state index in [2.05, 4.69) is 20.3 Å². The number of aryl methyl sites for hydroxylation is 1. The number of hydrogen-bond donors (Lipinski definition) is 2. The molecule has 0 saturated carbocycles. The van der Waals surface area contributed by atoms with E-state index in [1.165, 1.54) is 11.8 Å². The first-order chi connectivity index (χ1) is 11.6. The van der Waals surface area contributed by atoms with Gasteiger partial charge in [0.25, 0.3) is 0 Å². The Morgan fingerprint density at radius 2 is 2.25 bits per heavy atom. The van der Waals surface area contributed by atoms with Crippen molar-refractivity contribution in [3.63, 3.8) is 0 Å². The molecule has 0 unspecified atom stereocenters. The van der Waals surface area contributed by atoms with E-state index in [-0.39, 0.29) is 11.2 Å². The normalized spacial score (nSPS) is 12.3. The quantitative estimate of drug-likeness (QED) is 0.660. The zero-order chi connectivity index (χ0) is 17.1. The van der Waals surface area contributed by atoms with Crippen molar-refractivity contribution < 1.29 is 4.79 Å². The van der Waals surface area contributed by atoms with Crippen LogP contribution in [0.15, 0.2) is 41.8 Å². The molecule has 2 aromatic heterocycles. The minimum atomic E-state index is -0.251. The number of amides is 1. The van der Waals surface area contributed by atoms with Gasteiger partial charge in [-0.05, 0) is 37.1 Å². The molecule has 3 aromatic rings. The van der Waals surface area contributed by atoms with Gasteiger partial charge in [0.2, 0.25) is 5.91 Å². The molecule has 2 heterocycles. The number of carbonyl (C=O) groups excluding carboxylic acids is 1. The third-order valence-electron chi connectivity index (χ3n) is 3.62. The molecule has 0 radical (unpaired) electrons. The van der Waals surface area contributed by atoms with Crippen molar-refractivity contribution in [3.05, 3.63) is 47.2 Å². The Balaban J connectivity index is 1.72. The zero-order valence-corrected chi connectivity index (χ0v) is 14.9. The van der Waals surface area contributed by atoms with E-state index < -0.39 is 0 Å². The van der Waals surface area contributed by atoms with Crippen LogP contribution < -0.4 is 5.32 Å². The largest absolute Gasteiger partial charge is 0.332 e. The highest BCUT2D eigenvalue weighted by atomic mass is 35.5. The summed E-state index contributed by atoms with van der Waals surface area (Å²) in [7, 11) is 0. The van der Waals surface area contributed by atoms with Gasteiger partial charge in [-0.2, -0.15) is 0 Å². The first-order valence-corrected chi connectivity index (χ1v) is 8.86. The van der Waals surface area contributed by atoms with Crippen LogP contribution in [0.3, 0.4) is 0 Å². The molecule has 2 N–H and O–H groups in total. The van der Waals surface area contributed by atoms with Crippen LogP contribution in [0.1, 0.15) is 18.9 Å². The Kier molecular flexibility index (Phi) is 5.06. The predicted molar refractivity (Wildman–Crippen MR) is 98.6 cm³/mol. The third kappa shape index (κ3) is 3.71. The molecule has 7 heteroatoms. The molecular weight excluding hydrogens is 344 g/mol. The van der Waals surface area contributed by atoms with Gasteiger partial charge in [0.15, 0.2) is 5.16 Å². The highest BCUT2D eigenvalue weighted by molar-refractivity contribution is 8.00. The molecule has 1 atom stereocenters. The fraction of sp³-hybridized carbons (Fsp3) is 0.235. The summed E-state index contributed by atoms with van der Waals surface area (Å²) in [6, 6.07) is 7.34. The number of pyridine rings is 1. The number of hydrogen-bond acceptors (Lipinski definition) is 4. The predicted octanol–water partition coefficient (Wildman–Crippen LogP) is 4.43. The number of thioether (sulfide) groups is 1. The van der Waals surface area contributed by atoms with E-state index in [1.54, 1.807) is 18.5 Å². The van der Waals surface area contributed by atoms with Crippen molar-refractivity contribution in [2.75, 3.05) is 5.32 Å². The summed E-state index contributed by atoms with van der Waals surface area (Å²) < 4.78 is 0. The summed E-state index contributed by atoms with van der Waals surface area (Å²) in [6.07, 6.45) is 4.11. The van der Waals surface area contributed by atoms with Gasteiger partial charge in [-0.1, -0.05) is 36.4 Å². The maximum atomic E-state index is 12.5. The molecule has 124 valence electrons. The minimum absolute atomic E-state index is 0.0685. The first kappa shape index (κ1) is 16.8. The Labute approximate surface area is 149 Å². The van der Waals surface area contributed by atoms with Crippen LogP contribution in [0, 0.1) is 6.92 Å². The van der Waals surface area contributed by atoms with E-state index in [4.69, 9.17) is 11.6 Å². The summed E-state index contributed by atoms with van der Waals surface area (Å²) >= 11 is 7.52. The third-order valence-corrected chi connectivity index (χ3v) is 5.27. The lowest BCUT2D eigenvalue weighted by Crippen LogP contribution is -2.24. The molecule has 1 amide bonds. The van der Waals surface area contributed by atoms with Crippen molar-refractivity contribution in [1.29, 1.82) is 0 Å². The average Bonchev–Trinajstić information content (AvgIpc) is 2.98. The second kappa shape index (κ2) is 7.23. The number of anilines is 1. The Hall–Kier alpha value is -2.05. The van der Waals surface area contributed by atoms with Gasteiger partial charge in [0.1, 0.15) is 0 Å². The Morgan fingerprint density at radius 3 is 2.96 bits per heavy atom. The number of carbonyl (C=O) groups is 1. The monoisotopic (exact) mass is 360 g/mol. The SMILES string of the molecule is CC[C@H](Sc1nc2ccncc2[nH]1)C(=O)Nc1ccc(C)c(Cl)c1. The molecule has 0 spiro atoms. The fourth-order valence-corrected chi connectivity index (χ4v) is 3.34. The number of H-pyrrole nitrogens is 1. The number of fused-ring (bicyclic) bond motifs is 1. The second-order valence-electron chi connectivity index (χ2n) is 5.40. The molecule has 3 rings (SSSR count). The standard InChI is InChI=1S/C17H17ClN4OS/c1-3-15(16(23)20-11-5-4-10(2)12(18)8-11)24-17-21-13-6-7-19-9-14(13)22-17/h4-9,15H,3H2,1-2H3,(H,20,23)(H,21,22)/t15-/m0/s1. The lowest BCUT2D eigenvalue weighted by molar-refractivity contribution is -0.115. The summed E-state index contributed by atoms with van der Waals surface area (Å²) in [5.41, 5.74) is 3.38. The molecule has 0 aliphatic carbocycles. The van der Waals surface area contributed by atoms with Crippen molar-refractivity contribution in [3.8, 4) is 0 Å². The van der Waals surface area contributed by atoms with Crippen LogP contribution in [0.4, 0.5) is 5.69 Å². The number of nitrogens with zero attached hydrogens (tertiary/aromatic N) is 2. The van der Waals surface area contributed by atoms with Gasteiger partial charge < -0.3 is 10.3 Å². The summed E-state index contributed by atoms with van der Waals surface area (Å²) in [6.45, 7) is 3.90. The van der Waals surface area contributed by atoms with Crippen LogP contribution in [-0.2, 0) is 4.79 Å². The molecule has 1 aromatic carbocycles. The Morgan fingerprint density at radius 1 is 1.42 bits per heavy atom. The number of rotatable bonds is 5. The minimum Gasteiger partial charge on any atom is -0.332 e. The van der Waals surface area contributed by atoms with Gasteiger partial charge in [-0.25, -0.2) is 4.98 Å². The van der Waals surface area contributed by atoms with Crippen LogP contribution in [-0.4, -0.2) is 26.1 Å². The fourth-order valence-electron chi connectivity index (χ4n) is 2.24. The topological polar surface area (TPSA) is 70.7 Å². The second-order valence-corrected chi connectivity index (χ2v) is 7.00. The number of imidazole rings is 1. The molecule has 0 bridgehead atoms. The molecule has 0 aliphatic rings. The molecular formula is C17H17ClN4OS. The maximum Gasteiger partial charge on any atom is 0.237 e. The summed E-state index contributed by atoms with van der Waals surface area (Å²) in [5.74, 6) is -0.0685. The van der Waals surface area contributed by atoms with E-state index in [0.717, 1.165) is 16.6 Å². The molecule has 0 fully saturated rings. The van der Waals surface area contributed by atoms with Crippen LogP contribution in [0.5, 0.6) is 0 Å². The van der Waals surface area contributed by atoms with E-state index in [9.17, 15) is 4.79 Å². The van der Waals surface area contributed by atoms with Crippen LogP contribution >= 0.6 is 23.4 Å². The molecule has 24 heavy (non-hydrogen) atoms. The van der Waals surface area contributed by atoms with Crippen molar-refractivity contribution in [1.82, 2.24) is 15.0 Å². The van der Waals surface area contributed by atoms with Crippen molar-refractivity contribution >= 4 is 46.0 Å². The van der Waals surface area contributed by atoms with Crippen LogP contribution in [0.25, 0.3) is 11.0 Å². The van der Waals surface area contributed by atoms with Gasteiger partial charge in [0.05, 0.1) is 22.5 Å². The van der Waals surface area contributed by atoms with Crippen LogP contribution in [0.2, 0.25) is 5.02 Å². The zero-order valence-electron chi connectivity index (χ0n) is 13.3.